The Bertz CT molecular complexity index is 413. The molecule has 1 N–H and O–H groups in total. The molecular weight excluding hydrogens is 242 g/mol. The van der Waals surface area contributed by atoms with Crippen molar-refractivity contribution in [2.24, 2.45) is 0 Å². The van der Waals surface area contributed by atoms with Crippen molar-refractivity contribution in [2.75, 3.05) is 26.7 Å². The zero-order valence-electron chi connectivity index (χ0n) is 11.6. The third kappa shape index (κ3) is 3.92. The molecule has 1 aromatic rings. The molecule has 1 aliphatic rings. The van der Waals surface area contributed by atoms with E-state index in [0.717, 1.165) is 19.6 Å². The summed E-state index contributed by atoms with van der Waals surface area (Å²) in [4.78, 5) is 18.4. The number of pyridine rings is 1. The zero-order chi connectivity index (χ0) is 13.7. The van der Waals surface area contributed by atoms with Gasteiger partial charge in [-0.3, -0.25) is 4.79 Å². The van der Waals surface area contributed by atoms with Crippen LogP contribution in [0.3, 0.4) is 0 Å². The minimum absolute atomic E-state index is 0.0816. The summed E-state index contributed by atoms with van der Waals surface area (Å²) < 4.78 is 4.97. The van der Waals surface area contributed by atoms with Crippen LogP contribution in [-0.2, 0) is 0 Å². The van der Waals surface area contributed by atoms with Crippen molar-refractivity contribution in [3.63, 3.8) is 0 Å². The van der Waals surface area contributed by atoms with Gasteiger partial charge in [-0.05, 0) is 38.9 Å². The molecule has 1 aliphatic heterocycles. The number of methoxy groups -OCH3 is 1. The van der Waals surface area contributed by atoms with E-state index in [9.17, 15) is 4.79 Å². The van der Waals surface area contributed by atoms with Gasteiger partial charge in [-0.2, -0.15) is 0 Å². The molecule has 0 aliphatic carbocycles. The molecule has 0 bridgehead atoms. The fraction of sp³-hybridized carbons (Fsp3) is 0.571. The Labute approximate surface area is 114 Å². The molecule has 1 amide bonds. The lowest BCUT2D eigenvalue weighted by atomic mass is 10.2. The lowest BCUT2D eigenvalue weighted by Crippen LogP contribution is -2.41. The largest absolute Gasteiger partial charge is 0.481 e. The van der Waals surface area contributed by atoms with Crippen LogP contribution in [0.15, 0.2) is 18.3 Å². The van der Waals surface area contributed by atoms with E-state index >= 15 is 0 Å². The highest BCUT2D eigenvalue weighted by Gasteiger charge is 2.16. The Hall–Kier alpha value is -1.62. The van der Waals surface area contributed by atoms with Crippen LogP contribution in [-0.4, -0.2) is 48.6 Å². The second kappa shape index (κ2) is 6.52. The fourth-order valence-corrected chi connectivity index (χ4v) is 2.34. The Morgan fingerprint density at radius 2 is 2.21 bits per heavy atom. The number of hydrogen-bond donors (Lipinski definition) is 1. The van der Waals surface area contributed by atoms with E-state index in [4.69, 9.17) is 4.74 Å². The zero-order valence-corrected chi connectivity index (χ0v) is 11.6. The van der Waals surface area contributed by atoms with E-state index in [1.165, 1.54) is 19.0 Å². The Morgan fingerprint density at radius 1 is 1.47 bits per heavy atom. The van der Waals surface area contributed by atoms with Gasteiger partial charge >= 0.3 is 0 Å². The van der Waals surface area contributed by atoms with Crippen molar-refractivity contribution < 1.29 is 9.53 Å². The predicted octanol–water partition coefficient (Wildman–Crippen LogP) is 1.30. The molecule has 0 saturated carbocycles. The maximum Gasteiger partial charge on any atom is 0.253 e. The molecule has 0 aromatic carbocycles. The van der Waals surface area contributed by atoms with Gasteiger partial charge in [0.05, 0.1) is 12.7 Å². The van der Waals surface area contributed by atoms with Gasteiger partial charge < -0.3 is 15.0 Å². The second-order valence-electron chi connectivity index (χ2n) is 4.97. The van der Waals surface area contributed by atoms with Gasteiger partial charge in [-0.1, -0.05) is 0 Å². The number of carbonyl (C=O) groups excluding carboxylic acids is 1. The third-order valence-electron chi connectivity index (χ3n) is 3.32. The number of nitrogens with one attached hydrogen (secondary N) is 1. The lowest BCUT2D eigenvalue weighted by molar-refractivity contribution is 0.0931. The number of nitrogens with zero attached hydrogens (tertiary/aromatic N) is 2. The molecule has 0 spiro atoms. The van der Waals surface area contributed by atoms with Crippen molar-refractivity contribution in [1.82, 2.24) is 15.2 Å². The molecule has 2 rings (SSSR count). The first kappa shape index (κ1) is 13.8. The molecule has 19 heavy (non-hydrogen) atoms. The highest BCUT2D eigenvalue weighted by molar-refractivity contribution is 5.94. The first-order valence-electron chi connectivity index (χ1n) is 6.72. The third-order valence-corrected chi connectivity index (χ3v) is 3.32. The molecule has 104 valence electrons. The average molecular weight is 263 g/mol. The van der Waals surface area contributed by atoms with Crippen LogP contribution in [0.4, 0.5) is 0 Å². The Kier molecular flexibility index (Phi) is 4.74. The minimum Gasteiger partial charge on any atom is -0.481 e. The van der Waals surface area contributed by atoms with Crippen LogP contribution in [0, 0.1) is 0 Å². The van der Waals surface area contributed by atoms with Gasteiger partial charge in [0, 0.05) is 24.8 Å². The van der Waals surface area contributed by atoms with E-state index in [2.05, 4.69) is 15.2 Å². The molecule has 0 unspecified atom stereocenters. The van der Waals surface area contributed by atoms with Gasteiger partial charge in [0.25, 0.3) is 5.91 Å². The first-order chi connectivity index (χ1) is 9.19. The standard InChI is InChI=1S/C14H21N3O2/c1-11(10-17-7-3-4-8-17)16-14(18)12-5-6-13(19-2)15-9-12/h5-6,9,11H,3-4,7-8,10H2,1-2H3,(H,16,18)/t11-/m1/s1. The number of amides is 1. The fourth-order valence-electron chi connectivity index (χ4n) is 2.34. The predicted molar refractivity (Wildman–Crippen MR) is 73.4 cm³/mol. The summed E-state index contributed by atoms with van der Waals surface area (Å²) in [5.74, 6) is 0.434. The molecule has 1 saturated heterocycles. The van der Waals surface area contributed by atoms with Gasteiger partial charge in [-0.25, -0.2) is 4.98 Å². The summed E-state index contributed by atoms with van der Waals surface area (Å²) in [6, 6.07) is 3.57. The summed E-state index contributed by atoms with van der Waals surface area (Å²) >= 11 is 0. The normalized spacial score (nSPS) is 17.2. The van der Waals surface area contributed by atoms with Crippen LogP contribution in [0.1, 0.15) is 30.1 Å². The van der Waals surface area contributed by atoms with E-state index in [1.807, 2.05) is 6.92 Å². The summed E-state index contributed by atoms with van der Waals surface area (Å²) in [7, 11) is 1.56. The second-order valence-corrected chi connectivity index (χ2v) is 4.97. The smallest absolute Gasteiger partial charge is 0.253 e. The highest BCUT2D eigenvalue weighted by Crippen LogP contribution is 2.09. The molecule has 5 nitrogen and oxygen atoms in total. The number of carbonyl (C=O) groups is 1. The van der Waals surface area contributed by atoms with Crippen molar-refractivity contribution in [3.05, 3.63) is 23.9 Å². The molecule has 0 radical (unpaired) electrons. The highest BCUT2D eigenvalue weighted by atomic mass is 16.5. The molecule has 2 heterocycles. The Morgan fingerprint density at radius 3 is 2.79 bits per heavy atom. The summed E-state index contributed by atoms with van der Waals surface area (Å²) in [6.45, 7) is 5.23. The average Bonchev–Trinajstić information content (AvgIpc) is 2.91. The number of likely N-dealkylation sites (tertiary alicyclic amines) is 1. The van der Waals surface area contributed by atoms with Gasteiger partial charge in [0.2, 0.25) is 5.88 Å². The van der Waals surface area contributed by atoms with Crippen LogP contribution in [0.2, 0.25) is 0 Å². The lowest BCUT2D eigenvalue weighted by Gasteiger charge is -2.21. The number of rotatable bonds is 5. The number of aromatic nitrogens is 1. The van der Waals surface area contributed by atoms with Crippen LogP contribution < -0.4 is 10.1 Å². The number of hydrogen-bond acceptors (Lipinski definition) is 4. The van der Waals surface area contributed by atoms with E-state index in [1.54, 1.807) is 19.2 Å². The van der Waals surface area contributed by atoms with Crippen LogP contribution in [0.5, 0.6) is 5.88 Å². The monoisotopic (exact) mass is 263 g/mol. The van der Waals surface area contributed by atoms with Gasteiger partial charge in [0.1, 0.15) is 0 Å². The number of ether oxygens (including phenoxy) is 1. The summed E-state index contributed by atoms with van der Waals surface area (Å²) in [5, 5.41) is 3.00. The van der Waals surface area contributed by atoms with Crippen LogP contribution >= 0.6 is 0 Å². The Balaban J connectivity index is 1.84. The summed E-state index contributed by atoms with van der Waals surface area (Å²) in [6.07, 6.45) is 4.07. The van der Waals surface area contributed by atoms with Crippen molar-refractivity contribution >= 4 is 5.91 Å². The molecular formula is C14H21N3O2. The quantitative estimate of drug-likeness (QED) is 0.870. The van der Waals surface area contributed by atoms with Crippen molar-refractivity contribution in [2.45, 2.75) is 25.8 Å². The van der Waals surface area contributed by atoms with Crippen molar-refractivity contribution in [1.29, 1.82) is 0 Å². The van der Waals surface area contributed by atoms with Crippen molar-refractivity contribution in [3.8, 4) is 5.88 Å². The maximum absolute atomic E-state index is 12.0. The molecule has 5 heteroatoms. The van der Waals surface area contributed by atoms with Crippen LogP contribution in [0.25, 0.3) is 0 Å². The van der Waals surface area contributed by atoms with Gasteiger partial charge in [0.15, 0.2) is 0 Å². The van der Waals surface area contributed by atoms with E-state index < -0.39 is 0 Å². The summed E-state index contributed by atoms with van der Waals surface area (Å²) in [5.41, 5.74) is 0.564. The minimum atomic E-state index is -0.0816. The SMILES string of the molecule is COc1ccc(C(=O)N[C@H](C)CN2CCCC2)cn1. The van der Waals surface area contributed by atoms with E-state index in [-0.39, 0.29) is 11.9 Å². The first-order valence-corrected chi connectivity index (χ1v) is 6.72. The maximum atomic E-state index is 12.0. The van der Waals surface area contributed by atoms with Gasteiger partial charge in [-0.15, -0.1) is 0 Å². The van der Waals surface area contributed by atoms with E-state index in [0.29, 0.717) is 11.4 Å². The molecule has 1 atom stereocenters. The molecule has 1 aromatic heterocycles. The molecule has 1 fully saturated rings. The topological polar surface area (TPSA) is 54.5 Å².